The zero-order valence-corrected chi connectivity index (χ0v) is 24.3. The van der Waals surface area contributed by atoms with Crippen molar-refractivity contribution in [3.63, 3.8) is 0 Å². The van der Waals surface area contributed by atoms with Crippen LogP contribution in [0.3, 0.4) is 0 Å². The first kappa shape index (κ1) is 32.0. The molecule has 2 atom stereocenters. The number of nitrogens with two attached hydrogens (primary N) is 1. The fourth-order valence-electron chi connectivity index (χ4n) is 4.27. The molecule has 224 valence electrons. The summed E-state index contributed by atoms with van der Waals surface area (Å²) in [6.45, 7) is 10.0. The highest BCUT2D eigenvalue weighted by Crippen LogP contribution is 2.44. The lowest BCUT2D eigenvalue weighted by Crippen LogP contribution is -2.55. The molecule has 2 amide bonds. The Hall–Kier alpha value is -3.55. The fraction of sp³-hybridized carbons (Fsp3) is 0.444. The number of benzene rings is 2. The molecule has 3 rings (SSSR count). The molecule has 1 aliphatic rings. The van der Waals surface area contributed by atoms with E-state index in [9.17, 15) is 23.2 Å². The van der Waals surface area contributed by atoms with Crippen molar-refractivity contribution in [2.24, 2.45) is 11.8 Å². The molecule has 14 heteroatoms. The molecule has 0 spiro atoms. The molecule has 5 N–H and O–H groups in total. The number of hydrazine groups is 1. The van der Waals surface area contributed by atoms with Crippen LogP contribution in [0, 0.1) is 23.4 Å². The zero-order valence-electron chi connectivity index (χ0n) is 23.6. The van der Waals surface area contributed by atoms with Crippen LogP contribution in [-0.4, -0.2) is 42.3 Å². The number of anilines is 2. The molecule has 2 aromatic rings. The fourth-order valence-corrected chi connectivity index (χ4v) is 4.67. The van der Waals surface area contributed by atoms with Crippen molar-refractivity contribution in [3.05, 3.63) is 52.3 Å². The molecule has 10 nitrogen and oxygen atoms in total. The number of nitrogens with one attached hydrogen (secondary N) is 3. The molecule has 1 fully saturated rings. The molecular formula is C27H34ClF3N5O5+. The lowest BCUT2D eigenvalue weighted by atomic mass is 10.1. The van der Waals surface area contributed by atoms with Crippen molar-refractivity contribution in [2.45, 2.75) is 59.2 Å². The number of hydrogen-bond acceptors (Lipinski definition) is 7. The standard InChI is InChI=1S/C27H33ClF3N5O5/c1-26(2,3)40-24(38)14-9-10-36(32,13-14)22-18(31)12-16(23(37)34-35-25(39)41-27(4,5)6)21(20(22)28)33-19-8-7-15(29)11-17(19)30/h7-8,11-12,14H,9-10,13,32H2,1-6H3,(H2-,33,34,35,37,39)/p+1/t14-,36?/m0/s1. The molecule has 0 radical (unpaired) electrons. The topological polar surface area (TPSA) is 132 Å². The summed E-state index contributed by atoms with van der Waals surface area (Å²) in [6.07, 6.45) is -0.733. The number of esters is 1. The van der Waals surface area contributed by atoms with Crippen LogP contribution in [0.15, 0.2) is 24.3 Å². The predicted molar refractivity (Wildman–Crippen MR) is 148 cm³/mol. The van der Waals surface area contributed by atoms with Gasteiger partial charge in [-0.1, -0.05) is 11.6 Å². The summed E-state index contributed by atoms with van der Waals surface area (Å²) >= 11 is 6.65. The van der Waals surface area contributed by atoms with Gasteiger partial charge in [0.25, 0.3) is 5.91 Å². The van der Waals surface area contributed by atoms with E-state index < -0.39 is 62.7 Å². The Kier molecular flexibility index (Phi) is 9.16. The Morgan fingerprint density at radius 2 is 1.61 bits per heavy atom. The summed E-state index contributed by atoms with van der Waals surface area (Å²) in [7, 11) is 0. The van der Waals surface area contributed by atoms with Crippen molar-refractivity contribution in [3.8, 4) is 0 Å². The summed E-state index contributed by atoms with van der Waals surface area (Å²) in [5, 5.41) is 2.23. The number of carbonyl (C=O) groups is 3. The average Bonchev–Trinajstić information content (AvgIpc) is 3.21. The molecule has 1 aliphatic heterocycles. The normalized spacial score (nSPS) is 19.0. The van der Waals surface area contributed by atoms with Gasteiger partial charge in [-0.15, -0.1) is 0 Å². The molecular weight excluding hydrogens is 567 g/mol. The molecule has 1 heterocycles. The van der Waals surface area contributed by atoms with Crippen molar-refractivity contribution >= 4 is 46.6 Å². The Morgan fingerprint density at radius 3 is 2.20 bits per heavy atom. The van der Waals surface area contributed by atoms with E-state index in [0.29, 0.717) is 6.07 Å². The van der Waals surface area contributed by atoms with Crippen LogP contribution in [0.2, 0.25) is 5.02 Å². The molecule has 0 aliphatic carbocycles. The van der Waals surface area contributed by atoms with E-state index in [1.54, 1.807) is 41.5 Å². The van der Waals surface area contributed by atoms with Gasteiger partial charge in [0, 0.05) is 12.5 Å². The third-order valence-corrected chi connectivity index (χ3v) is 6.28. The third-order valence-electron chi connectivity index (χ3n) is 5.91. The first-order chi connectivity index (χ1) is 18.8. The van der Waals surface area contributed by atoms with Gasteiger partial charge in [-0.25, -0.2) is 28.0 Å². The lowest BCUT2D eigenvalue weighted by molar-refractivity contribution is -0.159. The SMILES string of the molecule is CC(C)(C)OC(=O)NNC(=O)c1cc(F)c([N+]2(N)CC[C@H](C(=O)OC(C)(C)C)C2)c(Cl)c1Nc1ccc(F)cc1F. The van der Waals surface area contributed by atoms with Crippen LogP contribution in [0.1, 0.15) is 58.3 Å². The van der Waals surface area contributed by atoms with Gasteiger partial charge in [0.1, 0.15) is 46.9 Å². The van der Waals surface area contributed by atoms with Gasteiger partial charge in [0.05, 0.1) is 16.9 Å². The Morgan fingerprint density at radius 1 is 0.976 bits per heavy atom. The molecule has 2 aromatic carbocycles. The highest BCUT2D eigenvalue weighted by atomic mass is 35.5. The minimum absolute atomic E-state index is 0.0678. The maximum atomic E-state index is 15.7. The highest BCUT2D eigenvalue weighted by molar-refractivity contribution is 6.37. The van der Waals surface area contributed by atoms with E-state index in [1.165, 1.54) is 0 Å². The van der Waals surface area contributed by atoms with E-state index in [2.05, 4.69) is 10.7 Å². The van der Waals surface area contributed by atoms with E-state index in [1.807, 2.05) is 5.43 Å². The van der Waals surface area contributed by atoms with Crippen LogP contribution >= 0.6 is 11.6 Å². The summed E-state index contributed by atoms with van der Waals surface area (Å²) in [5.74, 6) is 1.48. The summed E-state index contributed by atoms with van der Waals surface area (Å²) in [6, 6.07) is 3.44. The number of quaternary nitrogens is 1. The molecule has 0 bridgehead atoms. The van der Waals surface area contributed by atoms with Crippen molar-refractivity contribution < 1.29 is 37.0 Å². The Bertz CT molecular complexity index is 1360. The van der Waals surface area contributed by atoms with E-state index in [4.69, 9.17) is 26.9 Å². The summed E-state index contributed by atoms with van der Waals surface area (Å²) in [5.41, 5.74) is 1.25. The second kappa shape index (κ2) is 11.7. The first-order valence-electron chi connectivity index (χ1n) is 12.7. The quantitative estimate of drug-likeness (QED) is 0.160. The van der Waals surface area contributed by atoms with Crippen molar-refractivity contribution in [2.75, 3.05) is 18.4 Å². The number of ether oxygens (including phenoxy) is 2. The van der Waals surface area contributed by atoms with Gasteiger partial charge in [0.15, 0.2) is 5.82 Å². The average molecular weight is 601 g/mol. The number of rotatable bonds is 5. The predicted octanol–water partition coefficient (Wildman–Crippen LogP) is 5.21. The molecule has 1 saturated heterocycles. The minimum atomic E-state index is -1.04. The van der Waals surface area contributed by atoms with E-state index >= 15 is 4.39 Å². The number of halogens is 4. The molecule has 0 saturated carbocycles. The second-order valence-electron chi connectivity index (χ2n) is 11.7. The maximum Gasteiger partial charge on any atom is 0.426 e. The number of amides is 2. The number of hydrogen-bond donors (Lipinski definition) is 4. The highest BCUT2D eigenvalue weighted by Gasteiger charge is 2.46. The van der Waals surface area contributed by atoms with Crippen LogP contribution in [0.4, 0.5) is 35.0 Å². The van der Waals surface area contributed by atoms with Crippen LogP contribution in [-0.2, 0) is 14.3 Å². The number of carbonyl (C=O) groups excluding carboxylic acids is 3. The van der Waals surface area contributed by atoms with Gasteiger partial charge < -0.3 is 14.8 Å². The second-order valence-corrected chi connectivity index (χ2v) is 12.1. The zero-order chi connectivity index (χ0) is 30.9. The smallest absolute Gasteiger partial charge is 0.426 e. The lowest BCUT2D eigenvalue weighted by Gasteiger charge is -2.30. The summed E-state index contributed by atoms with van der Waals surface area (Å²) in [4.78, 5) is 37.8. The largest absolute Gasteiger partial charge is 0.460 e. The number of nitrogens with zero attached hydrogens (tertiary/aromatic N) is 1. The van der Waals surface area contributed by atoms with Gasteiger partial charge in [-0.3, -0.25) is 15.0 Å². The molecule has 41 heavy (non-hydrogen) atoms. The first-order valence-corrected chi connectivity index (χ1v) is 13.1. The molecule has 1 unspecified atom stereocenters. The van der Waals surface area contributed by atoms with Gasteiger partial charge >= 0.3 is 12.1 Å². The van der Waals surface area contributed by atoms with Gasteiger partial charge in [-0.2, -0.15) is 5.84 Å². The van der Waals surface area contributed by atoms with Crippen LogP contribution in [0.5, 0.6) is 0 Å². The van der Waals surface area contributed by atoms with Crippen molar-refractivity contribution in [1.82, 2.24) is 15.4 Å². The summed E-state index contributed by atoms with van der Waals surface area (Å²) < 4.78 is 53.7. The minimum Gasteiger partial charge on any atom is -0.460 e. The Balaban J connectivity index is 2.02. The van der Waals surface area contributed by atoms with Crippen molar-refractivity contribution in [1.29, 1.82) is 0 Å². The van der Waals surface area contributed by atoms with E-state index in [0.717, 1.165) is 18.2 Å². The van der Waals surface area contributed by atoms with E-state index in [-0.39, 0.29) is 41.6 Å². The van der Waals surface area contributed by atoms with Gasteiger partial charge in [0.2, 0.25) is 5.69 Å². The van der Waals surface area contributed by atoms with Crippen LogP contribution < -0.4 is 26.6 Å². The molecule has 0 aromatic heterocycles. The maximum absolute atomic E-state index is 15.7. The van der Waals surface area contributed by atoms with Gasteiger partial charge in [-0.05, 0) is 59.7 Å². The Labute approximate surface area is 240 Å². The third kappa shape index (κ3) is 8.02. The van der Waals surface area contributed by atoms with Crippen LogP contribution in [0.25, 0.3) is 0 Å². The monoisotopic (exact) mass is 600 g/mol.